The number of pyridine rings is 1. The second kappa shape index (κ2) is 8.50. The fourth-order valence-corrected chi connectivity index (χ4v) is 2.89. The predicted octanol–water partition coefficient (Wildman–Crippen LogP) is 4.35. The summed E-state index contributed by atoms with van der Waals surface area (Å²) in [4.78, 5) is 16.1. The number of carbonyl (C=O) groups excluding carboxylic acids is 1. The van der Waals surface area contributed by atoms with E-state index in [4.69, 9.17) is 11.6 Å². The maximum absolute atomic E-state index is 12.2. The van der Waals surface area contributed by atoms with Gasteiger partial charge in [-0.3, -0.25) is 9.78 Å². The number of hydrazone groups is 1. The van der Waals surface area contributed by atoms with Crippen molar-refractivity contribution in [3.8, 4) is 16.8 Å². The first-order valence-corrected chi connectivity index (χ1v) is 9.23. The maximum Gasteiger partial charge on any atom is 0.271 e. The van der Waals surface area contributed by atoms with Gasteiger partial charge in [0.25, 0.3) is 5.91 Å². The smallest absolute Gasteiger partial charge is 0.267 e. The van der Waals surface area contributed by atoms with Crippen LogP contribution in [-0.2, 0) is 0 Å². The number of benzene rings is 2. The molecule has 1 N–H and O–H groups in total. The highest BCUT2D eigenvalue weighted by Crippen LogP contribution is 2.25. The van der Waals surface area contributed by atoms with E-state index in [2.05, 4.69) is 20.6 Å². The van der Waals surface area contributed by atoms with E-state index in [1.807, 2.05) is 60.8 Å². The molecular formula is C22H16ClN5O. The van der Waals surface area contributed by atoms with E-state index in [0.717, 1.165) is 16.8 Å². The van der Waals surface area contributed by atoms with E-state index in [1.165, 1.54) is 6.21 Å². The molecule has 0 aliphatic rings. The molecule has 2 heterocycles. The van der Waals surface area contributed by atoms with Crippen LogP contribution in [0, 0.1) is 0 Å². The maximum atomic E-state index is 12.2. The Hall–Kier alpha value is -3.77. The Morgan fingerprint density at radius 1 is 1.00 bits per heavy atom. The van der Waals surface area contributed by atoms with Gasteiger partial charge in [-0.15, -0.1) is 0 Å². The predicted molar refractivity (Wildman–Crippen MR) is 113 cm³/mol. The summed E-state index contributed by atoms with van der Waals surface area (Å²) in [6, 6.07) is 20.5. The van der Waals surface area contributed by atoms with E-state index < -0.39 is 0 Å². The minimum absolute atomic E-state index is 0.320. The van der Waals surface area contributed by atoms with Gasteiger partial charge in [-0.2, -0.15) is 10.2 Å². The first kappa shape index (κ1) is 18.6. The van der Waals surface area contributed by atoms with Gasteiger partial charge >= 0.3 is 0 Å². The summed E-state index contributed by atoms with van der Waals surface area (Å²) in [6.07, 6.45) is 6.56. The molecule has 0 saturated heterocycles. The summed E-state index contributed by atoms with van der Waals surface area (Å²) in [5, 5.41) is 9.36. The summed E-state index contributed by atoms with van der Waals surface area (Å²) in [6.45, 7) is 0. The number of hydrogen-bond acceptors (Lipinski definition) is 4. The zero-order valence-corrected chi connectivity index (χ0v) is 16.0. The Bertz CT molecular complexity index is 1140. The standard InChI is InChI=1S/C22H16ClN5O/c23-18-8-6-16(7-9-18)20-15-28(19-4-2-1-3-5-19)27-21(20)14-25-26-22(29)17-10-12-24-13-11-17/h1-15H,(H,26,29)/b25-14+. The van der Waals surface area contributed by atoms with Crippen molar-refractivity contribution in [2.24, 2.45) is 5.10 Å². The van der Waals surface area contributed by atoms with Gasteiger partial charge in [0.05, 0.1) is 11.9 Å². The van der Waals surface area contributed by atoms with E-state index in [1.54, 1.807) is 29.2 Å². The normalized spacial score (nSPS) is 10.9. The second-order valence-electron chi connectivity index (χ2n) is 6.15. The Morgan fingerprint density at radius 2 is 1.72 bits per heavy atom. The molecule has 142 valence electrons. The highest BCUT2D eigenvalue weighted by molar-refractivity contribution is 6.30. The number of amides is 1. The van der Waals surface area contributed by atoms with Crippen LogP contribution in [0.3, 0.4) is 0 Å². The fourth-order valence-electron chi connectivity index (χ4n) is 2.77. The number of nitrogens with one attached hydrogen (secondary N) is 1. The lowest BCUT2D eigenvalue weighted by molar-refractivity contribution is 0.0955. The number of aromatic nitrogens is 3. The molecule has 0 aliphatic carbocycles. The molecule has 2 aromatic heterocycles. The third-order valence-corrected chi connectivity index (χ3v) is 4.47. The molecule has 0 aliphatic heterocycles. The van der Waals surface area contributed by atoms with Gasteiger partial charge in [-0.25, -0.2) is 10.1 Å². The average Bonchev–Trinajstić information content (AvgIpc) is 3.19. The van der Waals surface area contributed by atoms with E-state index in [9.17, 15) is 4.79 Å². The highest BCUT2D eigenvalue weighted by atomic mass is 35.5. The Labute approximate surface area is 172 Å². The Balaban J connectivity index is 1.64. The summed E-state index contributed by atoms with van der Waals surface area (Å²) in [5.74, 6) is -0.320. The molecule has 2 aromatic carbocycles. The van der Waals surface area contributed by atoms with E-state index >= 15 is 0 Å². The molecular weight excluding hydrogens is 386 g/mol. The Kier molecular flexibility index (Phi) is 5.45. The minimum atomic E-state index is -0.320. The van der Waals surface area contributed by atoms with Crippen LogP contribution in [0.1, 0.15) is 16.1 Å². The van der Waals surface area contributed by atoms with Crippen LogP contribution in [0.15, 0.2) is 90.4 Å². The molecule has 0 radical (unpaired) electrons. The molecule has 0 bridgehead atoms. The number of rotatable bonds is 5. The molecule has 7 heteroatoms. The van der Waals surface area contributed by atoms with Crippen LogP contribution >= 0.6 is 11.6 Å². The van der Waals surface area contributed by atoms with Crippen molar-refractivity contribution in [3.63, 3.8) is 0 Å². The quantitative estimate of drug-likeness (QED) is 0.399. The molecule has 0 unspecified atom stereocenters. The number of carbonyl (C=O) groups is 1. The molecule has 0 atom stereocenters. The number of halogens is 1. The molecule has 6 nitrogen and oxygen atoms in total. The Morgan fingerprint density at radius 3 is 2.45 bits per heavy atom. The van der Waals surface area contributed by atoms with Crippen molar-refractivity contribution in [2.75, 3.05) is 0 Å². The highest BCUT2D eigenvalue weighted by Gasteiger charge is 2.11. The van der Waals surface area contributed by atoms with Crippen LogP contribution in [0.25, 0.3) is 16.8 Å². The van der Waals surface area contributed by atoms with Crippen molar-refractivity contribution in [3.05, 3.63) is 102 Å². The molecule has 0 saturated carbocycles. The van der Waals surface area contributed by atoms with Crippen LogP contribution in [-0.4, -0.2) is 26.9 Å². The second-order valence-corrected chi connectivity index (χ2v) is 6.59. The number of para-hydroxylation sites is 1. The van der Waals surface area contributed by atoms with Crippen LogP contribution < -0.4 is 5.43 Å². The molecule has 0 spiro atoms. The SMILES string of the molecule is O=C(N/N=C/c1nn(-c2ccccc2)cc1-c1ccc(Cl)cc1)c1ccncc1. The summed E-state index contributed by atoms with van der Waals surface area (Å²) in [7, 11) is 0. The van der Waals surface area contributed by atoms with Gasteiger partial charge in [0.15, 0.2) is 0 Å². The molecule has 29 heavy (non-hydrogen) atoms. The first-order valence-electron chi connectivity index (χ1n) is 8.85. The van der Waals surface area contributed by atoms with Gasteiger partial charge < -0.3 is 0 Å². The minimum Gasteiger partial charge on any atom is -0.267 e. The molecule has 1 amide bonds. The van der Waals surface area contributed by atoms with Gasteiger partial charge in [0, 0.05) is 34.7 Å². The van der Waals surface area contributed by atoms with E-state index in [-0.39, 0.29) is 5.91 Å². The van der Waals surface area contributed by atoms with Crippen molar-refractivity contribution in [1.29, 1.82) is 0 Å². The van der Waals surface area contributed by atoms with Crippen LogP contribution in [0.4, 0.5) is 0 Å². The molecule has 0 fully saturated rings. The molecule has 4 rings (SSSR count). The van der Waals surface area contributed by atoms with Gasteiger partial charge in [0.2, 0.25) is 0 Å². The van der Waals surface area contributed by atoms with Crippen molar-refractivity contribution < 1.29 is 4.79 Å². The van der Waals surface area contributed by atoms with Gasteiger partial charge in [-0.1, -0.05) is 41.9 Å². The monoisotopic (exact) mass is 401 g/mol. The molecule has 4 aromatic rings. The summed E-state index contributed by atoms with van der Waals surface area (Å²) in [5.41, 5.74) is 6.34. The largest absolute Gasteiger partial charge is 0.271 e. The topological polar surface area (TPSA) is 72.2 Å². The van der Waals surface area contributed by atoms with Crippen LogP contribution in [0.2, 0.25) is 5.02 Å². The number of hydrogen-bond donors (Lipinski definition) is 1. The zero-order chi connectivity index (χ0) is 20.1. The third kappa shape index (κ3) is 4.39. The van der Waals surface area contributed by atoms with Crippen molar-refractivity contribution in [1.82, 2.24) is 20.2 Å². The summed E-state index contributed by atoms with van der Waals surface area (Å²) < 4.78 is 1.77. The van der Waals surface area contributed by atoms with E-state index in [0.29, 0.717) is 16.3 Å². The van der Waals surface area contributed by atoms with Gasteiger partial charge in [0.1, 0.15) is 5.69 Å². The van der Waals surface area contributed by atoms with Crippen LogP contribution in [0.5, 0.6) is 0 Å². The lowest BCUT2D eigenvalue weighted by atomic mass is 10.1. The average molecular weight is 402 g/mol. The lowest BCUT2D eigenvalue weighted by Crippen LogP contribution is -2.17. The first-order chi connectivity index (χ1) is 14.2. The lowest BCUT2D eigenvalue weighted by Gasteiger charge is -2.00. The fraction of sp³-hybridized carbons (Fsp3) is 0. The number of nitrogens with zero attached hydrogens (tertiary/aromatic N) is 4. The summed E-state index contributed by atoms with van der Waals surface area (Å²) >= 11 is 6.02. The van der Waals surface area contributed by atoms with Crippen molar-refractivity contribution >= 4 is 23.7 Å². The third-order valence-electron chi connectivity index (χ3n) is 4.21. The van der Waals surface area contributed by atoms with Gasteiger partial charge in [-0.05, 0) is 42.0 Å². The van der Waals surface area contributed by atoms with Crippen molar-refractivity contribution in [2.45, 2.75) is 0 Å². The zero-order valence-electron chi connectivity index (χ0n) is 15.2.